The summed E-state index contributed by atoms with van der Waals surface area (Å²) in [5, 5.41) is 5.51. The molecule has 2 aromatic carbocycles. The number of nitrogens with zero attached hydrogens (tertiary/aromatic N) is 3. The van der Waals surface area contributed by atoms with Crippen LogP contribution in [0.1, 0.15) is 25.0 Å². The molecule has 0 atom stereocenters. The van der Waals surface area contributed by atoms with Crippen LogP contribution in [0.4, 0.5) is 0 Å². The summed E-state index contributed by atoms with van der Waals surface area (Å²) in [6.45, 7) is 4.89. The van der Waals surface area contributed by atoms with Crippen molar-refractivity contribution in [3.05, 3.63) is 88.6 Å². The third-order valence-corrected chi connectivity index (χ3v) is 4.74. The molecule has 0 N–H and O–H groups in total. The second-order valence-corrected chi connectivity index (χ2v) is 7.48. The van der Waals surface area contributed by atoms with Gasteiger partial charge in [-0.15, -0.1) is 0 Å². The van der Waals surface area contributed by atoms with Gasteiger partial charge in [-0.1, -0.05) is 65.7 Å². The third kappa shape index (κ3) is 4.90. The van der Waals surface area contributed by atoms with Gasteiger partial charge in [0.05, 0.1) is 12.2 Å². The van der Waals surface area contributed by atoms with Crippen molar-refractivity contribution in [2.75, 3.05) is 7.05 Å². The Labute approximate surface area is 171 Å². The van der Waals surface area contributed by atoms with Gasteiger partial charge in [0.15, 0.2) is 0 Å². The Morgan fingerprint density at radius 1 is 1.07 bits per heavy atom. The highest BCUT2D eigenvalue weighted by atomic mass is 35.5. The maximum Gasteiger partial charge on any atom is 0.246 e. The number of benzene rings is 2. The molecule has 5 heteroatoms. The van der Waals surface area contributed by atoms with Crippen LogP contribution in [0.25, 0.3) is 11.3 Å². The van der Waals surface area contributed by atoms with E-state index in [1.165, 1.54) is 0 Å². The van der Waals surface area contributed by atoms with Crippen LogP contribution in [-0.4, -0.2) is 27.6 Å². The number of hydrogen-bond donors (Lipinski definition) is 0. The molecular formula is C23H24ClN3O. The van der Waals surface area contributed by atoms with Crippen molar-refractivity contribution in [2.24, 2.45) is 0 Å². The van der Waals surface area contributed by atoms with E-state index in [0.717, 1.165) is 33.0 Å². The van der Waals surface area contributed by atoms with Gasteiger partial charge in [-0.05, 0) is 25.5 Å². The molecular weight excluding hydrogens is 370 g/mol. The predicted octanol–water partition coefficient (Wildman–Crippen LogP) is 5.18. The molecule has 1 heterocycles. The van der Waals surface area contributed by atoms with Gasteiger partial charge in [-0.25, -0.2) is 0 Å². The maximum absolute atomic E-state index is 12.4. The van der Waals surface area contributed by atoms with E-state index >= 15 is 0 Å². The summed E-state index contributed by atoms with van der Waals surface area (Å²) in [4.78, 5) is 14.1. The number of carbonyl (C=O) groups is 1. The van der Waals surface area contributed by atoms with Crippen molar-refractivity contribution in [2.45, 2.75) is 26.9 Å². The molecule has 0 aliphatic heterocycles. The standard InChI is InChI=1S/C23H24ClN3O/c1-17(2)13-22(28)26(3)14-20-16-27(15-19-11-7-8-12-21(19)24)25-23(20)18-9-5-4-6-10-18/h4-13,16H,14-15H2,1-3H3. The van der Waals surface area contributed by atoms with Gasteiger partial charge >= 0.3 is 0 Å². The first-order valence-electron chi connectivity index (χ1n) is 9.19. The molecule has 4 nitrogen and oxygen atoms in total. The number of amides is 1. The Balaban J connectivity index is 1.93. The summed E-state index contributed by atoms with van der Waals surface area (Å²) in [7, 11) is 1.81. The van der Waals surface area contributed by atoms with Crippen molar-refractivity contribution in [1.82, 2.24) is 14.7 Å². The zero-order valence-corrected chi connectivity index (χ0v) is 17.1. The average Bonchev–Trinajstić information content (AvgIpc) is 3.06. The maximum atomic E-state index is 12.4. The zero-order chi connectivity index (χ0) is 20.1. The summed E-state index contributed by atoms with van der Waals surface area (Å²) in [5.41, 5.74) is 4.89. The number of rotatable bonds is 6. The van der Waals surface area contributed by atoms with Gasteiger partial charge in [0, 0.05) is 42.0 Å². The summed E-state index contributed by atoms with van der Waals surface area (Å²) in [6.07, 6.45) is 3.65. The summed E-state index contributed by atoms with van der Waals surface area (Å²) >= 11 is 6.31. The van der Waals surface area contributed by atoms with Crippen LogP contribution >= 0.6 is 11.6 Å². The fourth-order valence-electron chi connectivity index (χ4n) is 2.99. The molecule has 3 rings (SSSR count). The highest BCUT2D eigenvalue weighted by Gasteiger charge is 2.15. The molecule has 0 radical (unpaired) electrons. The largest absolute Gasteiger partial charge is 0.338 e. The molecule has 0 spiro atoms. The topological polar surface area (TPSA) is 38.1 Å². The van der Waals surface area contributed by atoms with Crippen LogP contribution in [0, 0.1) is 0 Å². The first-order valence-corrected chi connectivity index (χ1v) is 9.57. The lowest BCUT2D eigenvalue weighted by Crippen LogP contribution is -2.24. The number of carbonyl (C=O) groups excluding carboxylic acids is 1. The lowest BCUT2D eigenvalue weighted by Gasteiger charge is -2.15. The van der Waals surface area contributed by atoms with E-state index < -0.39 is 0 Å². The molecule has 144 valence electrons. The van der Waals surface area contributed by atoms with Crippen LogP contribution in [-0.2, 0) is 17.9 Å². The van der Waals surface area contributed by atoms with Gasteiger partial charge < -0.3 is 4.90 Å². The molecule has 0 saturated heterocycles. The fraction of sp³-hybridized carbons (Fsp3) is 0.217. The Morgan fingerprint density at radius 3 is 2.43 bits per heavy atom. The number of likely N-dealkylation sites (N-methyl/N-ethyl adjacent to an activating group) is 1. The average molecular weight is 394 g/mol. The Kier molecular flexibility index (Phi) is 6.32. The van der Waals surface area contributed by atoms with Crippen LogP contribution in [0.2, 0.25) is 5.02 Å². The minimum absolute atomic E-state index is 0.0159. The van der Waals surface area contributed by atoms with Crippen molar-refractivity contribution in [1.29, 1.82) is 0 Å². The van der Waals surface area contributed by atoms with Gasteiger partial charge in [-0.3, -0.25) is 9.48 Å². The molecule has 0 bridgehead atoms. The molecule has 3 aromatic rings. The SMILES string of the molecule is CC(C)=CC(=O)N(C)Cc1cn(Cc2ccccc2Cl)nc1-c1ccccc1. The van der Waals surface area contributed by atoms with Gasteiger partial charge in [0.1, 0.15) is 0 Å². The van der Waals surface area contributed by atoms with E-state index in [2.05, 4.69) is 0 Å². The number of allylic oxidation sites excluding steroid dienone is 1. The Hall–Kier alpha value is -2.85. The van der Waals surface area contributed by atoms with Gasteiger partial charge in [0.2, 0.25) is 5.91 Å². The number of aromatic nitrogens is 2. The zero-order valence-electron chi connectivity index (χ0n) is 16.4. The lowest BCUT2D eigenvalue weighted by atomic mass is 10.1. The van der Waals surface area contributed by atoms with E-state index in [1.54, 1.807) is 11.0 Å². The van der Waals surface area contributed by atoms with Crippen molar-refractivity contribution < 1.29 is 4.79 Å². The van der Waals surface area contributed by atoms with Crippen LogP contribution in [0.5, 0.6) is 0 Å². The molecule has 0 fully saturated rings. The molecule has 1 amide bonds. The minimum Gasteiger partial charge on any atom is -0.338 e. The summed E-state index contributed by atoms with van der Waals surface area (Å²) in [5.74, 6) is -0.0159. The first-order chi connectivity index (χ1) is 13.4. The molecule has 0 unspecified atom stereocenters. The predicted molar refractivity (Wildman–Crippen MR) is 114 cm³/mol. The van der Waals surface area contributed by atoms with Crippen molar-refractivity contribution in [3.63, 3.8) is 0 Å². The normalized spacial score (nSPS) is 10.6. The van der Waals surface area contributed by atoms with Gasteiger partial charge in [0.25, 0.3) is 0 Å². The Morgan fingerprint density at radius 2 is 1.75 bits per heavy atom. The quantitative estimate of drug-likeness (QED) is 0.541. The van der Waals surface area contributed by atoms with E-state index in [-0.39, 0.29) is 5.91 Å². The minimum atomic E-state index is -0.0159. The van der Waals surface area contributed by atoms with Crippen molar-refractivity contribution >= 4 is 17.5 Å². The third-order valence-electron chi connectivity index (χ3n) is 4.37. The molecule has 1 aromatic heterocycles. The smallest absolute Gasteiger partial charge is 0.246 e. The van der Waals surface area contributed by atoms with Crippen LogP contribution in [0.3, 0.4) is 0 Å². The van der Waals surface area contributed by atoms with Crippen LogP contribution < -0.4 is 0 Å². The van der Waals surface area contributed by atoms with E-state index in [0.29, 0.717) is 13.1 Å². The van der Waals surface area contributed by atoms with Crippen molar-refractivity contribution in [3.8, 4) is 11.3 Å². The summed E-state index contributed by atoms with van der Waals surface area (Å²) in [6, 6.07) is 17.8. The monoisotopic (exact) mass is 393 g/mol. The molecule has 0 saturated carbocycles. The second-order valence-electron chi connectivity index (χ2n) is 7.07. The first kappa shape index (κ1) is 19.9. The Bertz CT molecular complexity index is 988. The number of hydrogen-bond acceptors (Lipinski definition) is 2. The lowest BCUT2D eigenvalue weighted by molar-refractivity contribution is -0.125. The van der Waals surface area contributed by atoms with Crippen LogP contribution in [0.15, 0.2) is 72.4 Å². The van der Waals surface area contributed by atoms with E-state index in [4.69, 9.17) is 16.7 Å². The molecule has 28 heavy (non-hydrogen) atoms. The molecule has 0 aliphatic carbocycles. The number of halogens is 1. The van der Waals surface area contributed by atoms with E-state index in [1.807, 2.05) is 86.4 Å². The van der Waals surface area contributed by atoms with E-state index in [9.17, 15) is 4.79 Å². The van der Waals surface area contributed by atoms with Gasteiger partial charge in [-0.2, -0.15) is 5.10 Å². The molecule has 0 aliphatic rings. The summed E-state index contributed by atoms with van der Waals surface area (Å²) < 4.78 is 1.89. The highest BCUT2D eigenvalue weighted by Crippen LogP contribution is 2.24. The second kappa shape index (κ2) is 8.89. The fourth-order valence-corrected chi connectivity index (χ4v) is 3.19. The highest BCUT2D eigenvalue weighted by molar-refractivity contribution is 6.31.